The number of carbonyl (C=O) groups excluding carboxylic acids is 1. The lowest BCUT2D eigenvalue weighted by molar-refractivity contribution is -0.773. The van der Waals surface area contributed by atoms with Crippen molar-refractivity contribution in [3.63, 3.8) is 0 Å². The van der Waals surface area contributed by atoms with Crippen molar-refractivity contribution < 1.29 is 41.5 Å². The van der Waals surface area contributed by atoms with Crippen LogP contribution in [0.25, 0.3) is 0 Å². The molecule has 190 valence electrons. The molecule has 33 heavy (non-hydrogen) atoms. The Morgan fingerprint density at radius 2 is 1.73 bits per heavy atom. The predicted octanol–water partition coefficient (Wildman–Crippen LogP) is 0.481. The van der Waals surface area contributed by atoms with Gasteiger partial charge in [0.25, 0.3) is 0 Å². The zero-order chi connectivity index (χ0) is 23.3. The van der Waals surface area contributed by atoms with Gasteiger partial charge >= 0.3 is 10.7 Å². The van der Waals surface area contributed by atoms with Crippen molar-refractivity contribution in [2.24, 2.45) is 0 Å². The molecular weight excluding hydrogens is 466 g/mol. The number of carbonyl (C=O) groups is 1. The molecule has 1 aliphatic rings. The van der Waals surface area contributed by atoms with Gasteiger partial charge in [-0.15, -0.1) is 0 Å². The van der Waals surface area contributed by atoms with Gasteiger partial charge in [0.15, 0.2) is 18.0 Å². The first-order chi connectivity index (χ1) is 15.5. The molecule has 1 aromatic heterocycles. The Kier molecular flexibility index (Phi) is 14.8. The summed E-state index contributed by atoms with van der Waals surface area (Å²) in [5.74, 6) is -0.00691. The van der Waals surface area contributed by atoms with Gasteiger partial charge in [-0.25, -0.2) is 4.98 Å². The zero-order valence-corrected chi connectivity index (χ0v) is 21.2. The number of rotatable bonds is 15. The Balaban J connectivity index is 0.00000544. The van der Waals surface area contributed by atoms with Gasteiger partial charge in [0.05, 0.1) is 6.61 Å². The number of esters is 1. The van der Waals surface area contributed by atoms with E-state index in [1.54, 1.807) is 12.3 Å². The van der Waals surface area contributed by atoms with Gasteiger partial charge in [-0.3, -0.25) is 4.79 Å². The molecule has 2 heterocycles. The lowest BCUT2D eigenvalue weighted by Gasteiger charge is -2.19. The summed E-state index contributed by atoms with van der Waals surface area (Å²) in [4.78, 5) is 15.1. The summed E-state index contributed by atoms with van der Waals surface area (Å²) in [5, 5.41) is 20.3. The van der Waals surface area contributed by atoms with Crippen LogP contribution in [0.3, 0.4) is 0 Å². The molecule has 4 atom stereocenters. The highest BCUT2D eigenvalue weighted by molar-refractivity contribution is 7.71. The molecule has 0 aliphatic carbocycles. The lowest BCUT2D eigenvalue weighted by Crippen LogP contribution is -3.00. The van der Waals surface area contributed by atoms with E-state index in [1.807, 2.05) is 0 Å². The second-order valence-electron chi connectivity index (χ2n) is 8.59. The number of aliphatic hydroxyl groups is 2. The topological polar surface area (TPSA) is 122 Å². The van der Waals surface area contributed by atoms with E-state index in [-0.39, 0.29) is 36.2 Å². The Bertz CT molecular complexity index is 751. The van der Waals surface area contributed by atoms with Crippen LogP contribution in [0, 0.1) is 4.77 Å². The minimum absolute atomic E-state index is 0. The fourth-order valence-corrected chi connectivity index (χ4v) is 4.33. The number of hydrogen-bond donors (Lipinski definition) is 4. The van der Waals surface area contributed by atoms with Gasteiger partial charge in [0.1, 0.15) is 12.3 Å². The number of unbranched alkanes of at least 4 members (excludes halogenated alkanes) is 10. The quantitative estimate of drug-likeness (QED) is 0.118. The molecule has 0 bridgehead atoms. The standard InChI is InChI=1S/C23H39N3O5S.ClH/c1-2-3-4-5-6-7-8-9-10-11-12-13-19(28)31-21-17(16-27)30-22(20(21)29)26-15-14-18(24)25-23(26)32;/h14-15,17,20-22,27,29H,2-13,16H2,1H3,(H2,24,25,32);1H/t17-,20+,21-,22-;/m1./s1. The van der Waals surface area contributed by atoms with E-state index in [4.69, 9.17) is 27.4 Å². The van der Waals surface area contributed by atoms with Gasteiger partial charge in [0, 0.05) is 24.7 Å². The molecule has 2 rings (SSSR count). The van der Waals surface area contributed by atoms with Crippen LogP contribution in [0.15, 0.2) is 12.3 Å². The van der Waals surface area contributed by atoms with Gasteiger partial charge < -0.3 is 37.8 Å². The van der Waals surface area contributed by atoms with Crippen LogP contribution >= 0.6 is 12.2 Å². The second-order valence-corrected chi connectivity index (χ2v) is 8.97. The van der Waals surface area contributed by atoms with E-state index in [9.17, 15) is 15.0 Å². The number of nitrogens with two attached hydrogens (primary N) is 1. The minimum Gasteiger partial charge on any atom is -1.00 e. The number of aromatic nitrogens is 2. The molecule has 1 saturated heterocycles. The van der Waals surface area contributed by atoms with E-state index in [1.165, 1.54) is 55.9 Å². The highest BCUT2D eigenvalue weighted by Gasteiger charge is 2.49. The molecule has 0 saturated carbocycles. The molecular formula is C23H40ClN3O5S. The molecule has 0 radical (unpaired) electrons. The second kappa shape index (κ2) is 16.4. The highest BCUT2D eigenvalue weighted by atomic mass is 35.5. The molecule has 0 aromatic carbocycles. The molecule has 0 unspecified atom stereocenters. The van der Waals surface area contributed by atoms with Gasteiger partial charge in [-0.2, -0.15) is 4.57 Å². The summed E-state index contributed by atoms with van der Waals surface area (Å²) in [6, 6.07) is 1.59. The molecule has 0 spiro atoms. The molecule has 1 fully saturated rings. The molecule has 0 amide bonds. The minimum atomic E-state index is -1.16. The van der Waals surface area contributed by atoms with Crippen molar-refractivity contribution in [2.75, 3.05) is 12.3 Å². The Hall–Kier alpha value is -1.26. The van der Waals surface area contributed by atoms with E-state index in [0.29, 0.717) is 5.82 Å². The molecule has 1 aliphatic heterocycles. The van der Waals surface area contributed by atoms with E-state index < -0.39 is 24.5 Å². The fourth-order valence-electron chi connectivity index (χ4n) is 4.04. The summed E-state index contributed by atoms with van der Waals surface area (Å²) in [7, 11) is 0. The maximum absolute atomic E-state index is 12.3. The van der Waals surface area contributed by atoms with Crippen molar-refractivity contribution >= 4 is 24.0 Å². The first-order valence-electron chi connectivity index (χ1n) is 12.0. The van der Waals surface area contributed by atoms with Crippen molar-refractivity contribution in [1.82, 2.24) is 4.98 Å². The molecule has 8 nitrogen and oxygen atoms in total. The number of nitrogen functional groups attached to an aromatic ring is 1. The number of aliphatic hydroxyl groups excluding tert-OH is 2. The Morgan fingerprint density at radius 1 is 1.15 bits per heavy atom. The number of ether oxygens (including phenoxy) is 2. The third kappa shape index (κ3) is 9.86. The first kappa shape index (κ1) is 29.8. The van der Waals surface area contributed by atoms with Crippen LogP contribution in [0.4, 0.5) is 5.82 Å². The number of aromatic amines is 1. The first-order valence-corrected chi connectivity index (χ1v) is 12.4. The fraction of sp³-hybridized carbons (Fsp3) is 0.783. The Labute approximate surface area is 208 Å². The SMILES string of the molecule is CCCCCCCCCCCCCC(=O)O[C@H]1[C@H](O)[C@H]([n+]2ccc(N)[nH]c2=S)O[C@@H]1CO.[Cl-]. The van der Waals surface area contributed by atoms with Crippen LogP contribution in [0.5, 0.6) is 0 Å². The summed E-state index contributed by atoms with van der Waals surface area (Å²) in [6.07, 6.45) is 11.3. The van der Waals surface area contributed by atoms with Crippen molar-refractivity contribution in [1.29, 1.82) is 0 Å². The highest BCUT2D eigenvalue weighted by Crippen LogP contribution is 2.28. The van der Waals surface area contributed by atoms with Gasteiger partial charge in [-0.1, -0.05) is 71.1 Å². The monoisotopic (exact) mass is 505 g/mol. The number of nitrogens with zero attached hydrogens (tertiary/aromatic N) is 1. The number of H-pyrrole nitrogens is 1. The maximum atomic E-state index is 12.3. The predicted molar refractivity (Wildman–Crippen MR) is 124 cm³/mol. The van der Waals surface area contributed by atoms with Crippen LogP contribution in [0.1, 0.15) is 90.2 Å². The van der Waals surface area contributed by atoms with Crippen molar-refractivity contribution in [3.8, 4) is 0 Å². The van der Waals surface area contributed by atoms with Gasteiger partial charge in [-0.05, 0) is 6.42 Å². The third-order valence-corrected chi connectivity index (χ3v) is 6.23. The smallest absolute Gasteiger partial charge is 0.352 e. The summed E-state index contributed by atoms with van der Waals surface area (Å²) in [5.41, 5.74) is 5.67. The Morgan fingerprint density at radius 3 is 2.27 bits per heavy atom. The lowest BCUT2D eigenvalue weighted by atomic mass is 10.1. The van der Waals surface area contributed by atoms with Crippen LogP contribution < -0.4 is 22.7 Å². The third-order valence-electron chi connectivity index (χ3n) is 5.92. The van der Waals surface area contributed by atoms with Crippen LogP contribution in [-0.4, -0.2) is 46.1 Å². The number of nitrogens with one attached hydrogen (secondary N) is 1. The number of halogens is 1. The average molecular weight is 506 g/mol. The molecule has 1 aromatic rings. The number of hydrogen-bond acceptors (Lipinski definition) is 7. The normalized spacial score (nSPS) is 22.2. The maximum Gasteiger partial charge on any atom is 0.352 e. The zero-order valence-electron chi connectivity index (χ0n) is 19.6. The van der Waals surface area contributed by atoms with Crippen molar-refractivity contribution in [3.05, 3.63) is 17.0 Å². The van der Waals surface area contributed by atoms with Crippen LogP contribution in [-0.2, 0) is 14.3 Å². The van der Waals surface area contributed by atoms with E-state index in [2.05, 4.69) is 11.9 Å². The molecule has 10 heteroatoms. The van der Waals surface area contributed by atoms with Crippen molar-refractivity contribution in [2.45, 2.75) is 109 Å². The number of anilines is 1. The average Bonchev–Trinajstić information content (AvgIpc) is 3.07. The van der Waals surface area contributed by atoms with Gasteiger partial charge in [0.2, 0.25) is 6.23 Å². The summed E-state index contributed by atoms with van der Waals surface area (Å²) >= 11 is 5.23. The largest absolute Gasteiger partial charge is 1.00 e. The summed E-state index contributed by atoms with van der Waals surface area (Å²) < 4.78 is 13.0. The molecule has 5 N–H and O–H groups in total. The van der Waals surface area contributed by atoms with E-state index in [0.717, 1.165) is 19.3 Å². The summed E-state index contributed by atoms with van der Waals surface area (Å²) in [6.45, 7) is 1.85. The van der Waals surface area contributed by atoms with E-state index >= 15 is 0 Å². The van der Waals surface area contributed by atoms with Crippen LogP contribution in [0.2, 0.25) is 0 Å².